The minimum absolute atomic E-state index is 0.160. The van der Waals surface area contributed by atoms with Crippen molar-refractivity contribution in [2.24, 2.45) is 0 Å². The fourth-order valence-corrected chi connectivity index (χ4v) is 2.74. The minimum Gasteiger partial charge on any atom is -0.508 e. The van der Waals surface area contributed by atoms with Crippen molar-refractivity contribution < 1.29 is 19.8 Å². The van der Waals surface area contributed by atoms with Gasteiger partial charge in [-0.25, -0.2) is 0 Å². The van der Waals surface area contributed by atoms with Crippen molar-refractivity contribution in [3.05, 3.63) is 29.8 Å². The van der Waals surface area contributed by atoms with Crippen LogP contribution in [0.2, 0.25) is 0 Å². The summed E-state index contributed by atoms with van der Waals surface area (Å²) in [6.07, 6.45) is 3.06. The number of phenolic OH excluding ortho intramolecular Hbond substituents is 1. The molecule has 1 saturated heterocycles. The molecule has 0 bridgehead atoms. The van der Waals surface area contributed by atoms with Crippen LogP contribution in [0.15, 0.2) is 24.3 Å². The lowest BCUT2D eigenvalue weighted by Crippen LogP contribution is -2.36. The lowest BCUT2D eigenvalue weighted by Gasteiger charge is -2.25. The maximum atomic E-state index is 12.2. The number of hydrogen-bond donors (Lipinski definition) is 2. The maximum absolute atomic E-state index is 12.2. The zero-order valence-corrected chi connectivity index (χ0v) is 13.8. The molecule has 0 radical (unpaired) electrons. The summed E-state index contributed by atoms with van der Waals surface area (Å²) in [5.74, 6) is 0.404. The van der Waals surface area contributed by atoms with Gasteiger partial charge in [0.1, 0.15) is 5.75 Å². The van der Waals surface area contributed by atoms with E-state index in [1.54, 1.807) is 23.1 Å². The third-order valence-electron chi connectivity index (χ3n) is 3.99. The number of likely N-dealkylation sites (tertiary alicyclic amines) is 1. The van der Waals surface area contributed by atoms with Gasteiger partial charge in [0, 0.05) is 26.1 Å². The Morgan fingerprint density at radius 3 is 2.57 bits per heavy atom. The highest BCUT2D eigenvalue weighted by Crippen LogP contribution is 2.16. The average molecular weight is 322 g/mol. The molecule has 1 aromatic rings. The van der Waals surface area contributed by atoms with E-state index < -0.39 is 0 Å². The number of rotatable bonds is 5. The van der Waals surface area contributed by atoms with Crippen LogP contribution in [-0.2, 0) is 16.1 Å². The Balaban J connectivity index is 0.000000816. The smallest absolute Gasteiger partial charge is 0.290 e. The molecule has 1 atom stereocenters. The zero-order valence-electron chi connectivity index (χ0n) is 13.8. The molecule has 128 valence electrons. The van der Waals surface area contributed by atoms with Gasteiger partial charge in [-0.05, 0) is 50.6 Å². The Labute approximate surface area is 137 Å². The van der Waals surface area contributed by atoms with Crippen molar-refractivity contribution >= 4 is 12.4 Å². The fraction of sp³-hybridized carbons (Fsp3) is 0.529. The Morgan fingerprint density at radius 2 is 2.00 bits per heavy atom. The van der Waals surface area contributed by atoms with Gasteiger partial charge in [-0.15, -0.1) is 0 Å². The van der Waals surface area contributed by atoms with Crippen molar-refractivity contribution in [2.75, 3.05) is 20.1 Å². The third-order valence-corrected chi connectivity index (χ3v) is 3.99. The molecule has 6 heteroatoms. The van der Waals surface area contributed by atoms with Gasteiger partial charge in [0.25, 0.3) is 6.47 Å². The average Bonchev–Trinajstić information content (AvgIpc) is 3.02. The topological polar surface area (TPSA) is 81.1 Å². The van der Waals surface area contributed by atoms with Gasteiger partial charge in [-0.1, -0.05) is 12.1 Å². The first-order valence-corrected chi connectivity index (χ1v) is 7.81. The SMILES string of the molecule is CC(CC(=O)N(C)Cc1cccc(O)c1)N1CCCC1.O=CO. The highest BCUT2D eigenvalue weighted by molar-refractivity contribution is 5.76. The molecule has 1 amide bonds. The molecule has 1 heterocycles. The van der Waals surface area contributed by atoms with Crippen molar-refractivity contribution in [1.29, 1.82) is 0 Å². The van der Waals surface area contributed by atoms with Gasteiger partial charge in [0.2, 0.25) is 5.91 Å². The molecule has 0 aliphatic carbocycles. The van der Waals surface area contributed by atoms with Crippen LogP contribution in [0.4, 0.5) is 0 Å². The lowest BCUT2D eigenvalue weighted by molar-refractivity contribution is -0.131. The van der Waals surface area contributed by atoms with Crippen molar-refractivity contribution in [3.8, 4) is 5.75 Å². The molecule has 6 nitrogen and oxygen atoms in total. The standard InChI is InChI=1S/C16H24N2O2.CH2O2/c1-13(18-8-3-4-9-18)10-16(20)17(2)12-14-6-5-7-15(19)11-14;2-1-3/h5-7,11,13,19H,3-4,8-10,12H2,1-2H3;1H,(H,2,3). The summed E-state index contributed by atoms with van der Waals surface area (Å²) in [6.45, 7) is 4.65. The van der Waals surface area contributed by atoms with Gasteiger partial charge in [0.05, 0.1) is 0 Å². The van der Waals surface area contributed by atoms with Crippen LogP contribution in [-0.4, -0.2) is 58.6 Å². The summed E-state index contributed by atoms with van der Waals surface area (Å²) in [4.78, 5) is 24.7. The highest BCUT2D eigenvalue weighted by Gasteiger charge is 2.21. The first kappa shape index (κ1) is 19.0. The minimum atomic E-state index is -0.250. The number of phenols is 1. The summed E-state index contributed by atoms with van der Waals surface area (Å²) in [6, 6.07) is 7.38. The molecule has 1 unspecified atom stereocenters. The summed E-state index contributed by atoms with van der Waals surface area (Å²) >= 11 is 0. The molecule has 2 rings (SSSR count). The monoisotopic (exact) mass is 322 g/mol. The molecule has 23 heavy (non-hydrogen) atoms. The van der Waals surface area contributed by atoms with Crippen LogP contribution in [0.1, 0.15) is 31.7 Å². The second kappa shape index (κ2) is 9.84. The number of aromatic hydroxyl groups is 1. The molecule has 1 aromatic carbocycles. The van der Waals surface area contributed by atoms with Crippen LogP contribution >= 0.6 is 0 Å². The fourth-order valence-electron chi connectivity index (χ4n) is 2.74. The van der Waals surface area contributed by atoms with Gasteiger partial charge in [-0.2, -0.15) is 0 Å². The summed E-state index contributed by atoms with van der Waals surface area (Å²) in [5, 5.41) is 16.3. The number of carbonyl (C=O) groups is 2. The Morgan fingerprint density at radius 1 is 1.39 bits per heavy atom. The van der Waals surface area contributed by atoms with Gasteiger partial charge < -0.3 is 20.0 Å². The van der Waals surface area contributed by atoms with Crippen molar-refractivity contribution in [2.45, 2.75) is 38.8 Å². The highest BCUT2D eigenvalue weighted by atomic mass is 16.3. The predicted octanol–water partition coefficient (Wildman–Crippen LogP) is 1.93. The van der Waals surface area contributed by atoms with E-state index >= 15 is 0 Å². The molecule has 0 spiro atoms. The van der Waals surface area contributed by atoms with E-state index in [0.29, 0.717) is 19.0 Å². The first-order chi connectivity index (χ1) is 11.0. The first-order valence-electron chi connectivity index (χ1n) is 7.81. The van der Waals surface area contributed by atoms with E-state index in [9.17, 15) is 9.90 Å². The molecule has 2 N–H and O–H groups in total. The van der Waals surface area contributed by atoms with E-state index in [1.807, 2.05) is 13.1 Å². The Hall–Kier alpha value is -2.08. The Bertz CT molecular complexity index is 501. The van der Waals surface area contributed by atoms with E-state index in [0.717, 1.165) is 18.7 Å². The molecule has 1 aliphatic heterocycles. The number of nitrogens with zero attached hydrogens (tertiary/aromatic N) is 2. The normalized spacial score (nSPS) is 15.4. The molecule has 0 saturated carbocycles. The molecular formula is C17H26N2O4. The van der Waals surface area contributed by atoms with Gasteiger partial charge in [-0.3, -0.25) is 9.59 Å². The van der Waals surface area contributed by atoms with Crippen LogP contribution in [0, 0.1) is 0 Å². The molecule has 1 fully saturated rings. The van der Waals surface area contributed by atoms with E-state index in [2.05, 4.69) is 11.8 Å². The number of carbonyl (C=O) groups excluding carboxylic acids is 1. The number of amides is 1. The van der Waals surface area contributed by atoms with Gasteiger partial charge >= 0.3 is 0 Å². The number of hydrogen-bond acceptors (Lipinski definition) is 4. The Kier molecular flexibility index (Phi) is 8.11. The largest absolute Gasteiger partial charge is 0.508 e. The van der Waals surface area contributed by atoms with Gasteiger partial charge in [0.15, 0.2) is 0 Å². The number of benzene rings is 1. The van der Waals surface area contributed by atoms with Crippen LogP contribution in [0.5, 0.6) is 5.75 Å². The van der Waals surface area contributed by atoms with Crippen molar-refractivity contribution in [1.82, 2.24) is 9.80 Å². The van der Waals surface area contributed by atoms with E-state index in [1.165, 1.54) is 12.8 Å². The lowest BCUT2D eigenvalue weighted by atomic mass is 10.1. The second-order valence-corrected chi connectivity index (χ2v) is 5.82. The summed E-state index contributed by atoms with van der Waals surface area (Å²) < 4.78 is 0. The predicted molar refractivity (Wildman–Crippen MR) is 88.2 cm³/mol. The summed E-state index contributed by atoms with van der Waals surface area (Å²) in [5.41, 5.74) is 0.953. The second-order valence-electron chi connectivity index (χ2n) is 5.82. The quantitative estimate of drug-likeness (QED) is 0.810. The van der Waals surface area contributed by atoms with Crippen LogP contribution in [0.3, 0.4) is 0 Å². The maximum Gasteiger partial charge on any atom is 0.290 e. The zero-order chi connectivity index (χ0) is 17.2. The van der Waals surface area contributed by atoms with Crippen molar-refractivity contribution in [3.63, 3.8) is 0 Å². The molecule has 1 aliphatic rings. The van der Waals surface area contributed by atoms with Crippen LogP contribution in [0.25, 0.3) is 0 Å². The number of carboxylic acid groups (broad SMARTS) is 1. The summed E-state index contributed by atoms with van der Waals surface area (Å²) in [7, 11) is 1.82. The van der Waals surface area contributed by atoms with E-state index in [-0.39, 0.29) is 18.1 Å². The van der Waals surface area contributed by atoms with Crippen LogP contribution < -0.4 is 0 Å². The van der Waals surface area contributed by atoms with E-state index in [4.69, 9.17) is 9.90 Å². The third kappa shape index (κ3) is 6.69. The molecular weight excluding hydrogens is 296 g/mol. The molecule has 0 aromatic heterocycles.